The third-order valence-corrected chi connectivity index (χ3v) is 2.75. The maximum atomic E-state index is 11.7. The molecule has 100 valence electrons. The number of carbonyl (C=O) groups is 3. The average Bonchev–Trinajstić information content (AvgIpc) is 3.20. The number of nitrogens with one attached hydrogen (secondary N) is 2. The predicted octanol–water partition coefficient (Wildman–Crippen LogP) is 0.393. The second-order valence-electron chi connectivity index (χ2n) is 4.41. The van der Waals surface area contributed by atoms with Crippen LogP contribution in [0.2, 0.25) is 0 Å². The van der Waals surface area contributed by atoms with Crippen LogP contribution in [0.1, 0.15) is 33.6 Å². The zero-order valence-electron chi connectivity index (χ0n) is 10.2. The van der Waals surface area contributed by atoms with Gasteiger partial charge in [0.15, 0.2) is 0 Å². The number of carboxylic acid groups (broad SMARTS) is 1. The van der Waals surface area contributed by atoms with Crippen LogP contribution < -0.4 is 10.6 Å². The molecule has 1 aliphatic rings. The molecule has 1 aliphatic carbocycles. The number of aromatic carboxylic acids is 1. The number of benzene rings is 1. The molecule has 1 aromatic carbocycles. The number of rotatable bonds is 5. The molecule has 6 nitrogen and oxygen atoms in total. The fourth-order valence-corrected chi connectivity index (χ4v) is 1.53. The number of carboxylic acids is 1. The molecule has 0 radical (unpaired) electrons. The quantitative estimate of drug-likeness (QED) is 0.715. The van der Waals surface area contributed by atoms with E-state index in [1.807, 2.05) is 0 Å². The molecule has 2 amide bonds. The molecule has 0 aliphatic heterocycles. The van der Waals surface area contributed by atoms with Gasteiger partial charge in [-0.15, -0.1) is 0 Å². The lowest BCUT2D eigenvalue weighted by Gasteiger charge is -2.06. The second-order valence-corrected chi connectivity index (χ2v) is 4.41. The summed E-state index contributed by atoms with van der Waals surface area (Å²) in [6.45, 7) is -0.0734. The molecule has 0 bridgehead atoms. The van der Waals surface area contributed by atoms with Crippen molar-refractivity contribution in [1.82, 2.24) is 10.6 Å². The summed E-state index contributed by atoms with van der Waals surface area (Å²) in [6, 6.07) is 5.79. The van der Waals surface area contributed by atoms with Crippen molar-refractivity contribution in [2.24, 2.45) is 0 Å². The second kappa shape index (κ2) is 5.51. The summed E-state index contributed by atoms with van der Waals surface area (Å²) in [7, 11) is 0. The van der Waals surface area contributed by atoms with Crippen molar-refractivity contribution in [3.05, 3.63) is 35.4 Å². The molecule has 0 spiro atoms. The lowest BCUT2D eigenvalue weighted by atomic mass is 10.1. The van der Waals surface area contributed by atoms with Crippen LogP contribution in [0, 0.1) is 0 Å². The van der Waals surface area contributed by atoms with Crippen LogP contribution in [0.5, 0.6) is 0 Å². The van der Waals surface area contributed by atoms with Crippen molar-refractivity contribution in [3.63, 3.8) is 0 Å². The first-order valence-corrected chi connectivity index (χ1v) is 5.97. The Morgan fingerprint density at radius 1 is 1.11 bits per heavy atom. The van der Waals surface area contributed by atoms with E-state index in [0.29, 0.717) is 5.56 Å². The number of carbonyl (C=O) groups excluding carboxylic acids is 2. The normalized spacial score (nSPS) is 13.7. The lowest BCUT2D eigenvalue weighted by molar-refractivity contribution is -0.120. The van der Waals surface area contributed by atoms with Crippen LogP contribution >= 0.6 is 0 Å². The molecule has 0 unspecified atom stereocenters. The predicted molar refractivity (Wildman–Crippen MR) is 66.9 cm³/mol. The first-order chi connectivity index (χ1) is 9.06. The average molecular weight is 262 g/mol. The van der Waals surface area contributed by atoms with Crippen molar-refractivity contribution in [2.75, 3.05) is 6.54 Å². The highest BCUT2D eigenvalue weighted by atomic mass is 16.4. The van der Waals surface area contributed by atoms with Crippen LogP contribution in [0.25, 0.3) is 0 Å². The van der Waals surface area contributed by atoms with Crippen LogP contribution in [-0.2, 0) is 4.79 Å². The first kappa shape index (κ1) is 13.1. The first-order valence-electron chi connectivity index (χ1n) is 5.97. The molecule has 0 aromatic heterocycles. The third kappa shape index (κ3) is 3.80. The van der Waals surface area contributed by atoms with Gasteiger partial charge in [0.1, 0.15) is 0 Å². The molecular formula is C13H14N2O4. The van der Waals surface area contributed by atoms with Crippen molar-refractivity contribution in [3.8, 4) is 0 Å². The molecule has 0 heterocycles. The minimum absolute atomic E-state index is 0.0734. The SMILES string of the molecule is O=C(CNC(=O)c1ccc(C(=O)O)cc1)NC1CC1. The van der Waals surface area contributed by atoms with Gasteiger partial charge in [-0.2, -0.15) is 0 Å². The van der Waals surface area contributed by atoms with Gasteiger partial charge in [0, 0.05) is 11.6 Å². The lowest BCUT2D eigenvalue weighted by Crippen LogP contribution is -2.37. The molecule has 3 N–H and O–H groups in total. The topological polar surface area (TPSA) is 95.5 Å². The number of amides is 2. The minimum atomic E-state index is -1.05. The minimum Gasteiger partial charge on any atom is -0.478 e. The third-order valence-electron chi connectivity index (χ3n) is 2.75. The maximum Gasteiger partial charge on any atom is 0.335 e. The Morgan fingerprint density at radius 3 is 2.21 bits per heavy atom. The van der Waals surface area contributed by atoms with E-state index < -0.39 is 11.9 Å². The van der Waals surface area contributed by atoms with E-state index in [1.165, 1.54) is 24.3 Å². The van der Waals surface area contributed by atoms with E-state index in [1.54, 1.807) is 0 Å². The molecular weight excluding hydrogens is 248 g/mol. The van der Waals surface area contributed by atoms with E-state index in [2.05, 4.69) is 10.6 Å². The van der Waals surface area contributed by atoms with Gasteiger partial charge in [-0.1, -0.05) is 0 Å². The Balaban J connectivity index is 1.84. The van der Waals surface area contributed by atoms with Crippen molar-refractivity contribution in [2.45, 2.75) is 18.9 Å². The van der Waals surface area contributed by atoms with Gasteiger partial charge in [0.25, 0.3) is 5.91 Å². The molecule has 1 aromatic rings. The Morgan fingerprint density at radius 2 is 1.68 bits per heavy atom. The summed E-state index contributed by atoms with van der Waals surface area (Å²) < 4.78 is 0. The fourth-order valence-electron chi connectivity index (χ4n) is 1.53. The smallest absolute Gasteiger partial charge is 0.335 e. The molecule has 6 heteroatoms. The molecule has 0 atom stereocenters. The van der Waals surface area contributed by atoms with Gasteiger partial charge in [0.05, 0.1) is 12.1 Å². The Labute approximate surface area is 109 Å². The van der Waals surface area contributed by atoms with E-state index in [0.717, 1.165) is 12.8 Å². The Hall–Kier alpha value is -2.37. The van der Waals surface area contributed by atoms with Gasteiger partial charge < -0.3 is 15.7 Å². The zero-order valence-corrected chi connectivity index (χ0v) is 10.2. The van der Waals surface area contributed by atoms with Crippen LogP contribution in [0.3, 0.4) is 0 Å². The summed E-state index contributed by atoms with van der Waals surface area (Å²) in [4.78, 5) is 33.7. The van der Waals surface area contributed by atoms with E-state index in [4.69, 9.17) is 5.11 Å². The van der Waals surface area contributed by atoms with E-state index >= 15 is 0 Å². The van der Waals surface area contributed by atoms with Crippen molar-refractivity contribution < 1.29 is 19.5 Å². The molecule has 1 saturated carbocycles. The molecule has 1 fully saturated rings. The molecule has 19 heavy (non-hydrogen) atoms. The summed E-state index contributed by atoms with van der Waals surface area (Å²) in [5, 5.41) is 14.0. The van der Waals surface area contributed by atoms with Crippen LogP contribution in [-0.4, -0.2) is 35.5 Å². The van der Waals surface area contributed by atoms with Crippen molar-refractivity contribution >= 4 is 17.8 Å². The summed E-state index contributed by atoms with van der Waals surface area (Å²) in [5.74, 6) is -1.66. The summed E-state index contributed by atoms with van der Waals surface area (Å²) in [5.41, 5.74) is 0.437. The van der Waals surface area contributed by atoms with Gasteiger partial charge in [0.2, 0.25) is 5.91 Å². The van der Waals surface area contributed by atoms with Gasteiger partial charge >= 0.3 is 5.97 Å². The number of hydrogen-bond donors (Lipinski definition) is 3. The van der Waals surface area contributed by atoms with Crippen LogP contribution in [0.4, 0.5) is 0 Å². The largest absolute Gasteiger partial charge is 0.478 e. The molecule has 0 saturated heterocycles. The van der Waals surface area contributed by atoms with E-state index in [9.17, 15) is 14.4 Å². The van der Waals surface area contributed by atoms with Gasteiger partial charge in [-0.3, -0.25) is 9.59 Å². The zero-order chi connectivity index (χ0) is 13.8. The summed E-state index contributed by atoms with van der Waals surface area (Å²) >= 11 is 0. The van der Waals surface area contributed by atoms with Gasteiger partial charge in [-0.25, -0.2) is 4.79 Å². The Kier molecular flexibility index (Phi) is 3.79. The summed E-state index contributed by atoms with van der Waals surface area (Å²) in [6.07, 6.45) is 1.99. The standard InChI is InChI=1S/C13H14N2O4/c16-11(15-10-5-6-10)7-14-12(17)8-1-3-9(4-2-8)13(18)19/h1-4,10H,5-7H2,(H,14,17)(H,15,16)(H,18,19). The number of hydrogen-bond acceptors (Lipinski definition) is 3. The highest BCUT2D eigenvalue weighted by molar-refractivity contribution is 5.97. The van der Waals surface area contributed by atoms with Gasteiger partial charge in [-0.05, 0) is 37.1 Å². The molecule has 2 rings (SSSR count). The highest BCUT2D eigenvalue weighted by Crippen LogP contribution is 2.18. The fraction of sp³-hybridized carbons (Fsp3) is 0.308. The van der Waals surface area contributed by atoms with Crippen molar-refractivity contribution in [1.29, 1.82) is 0 Å². The van der Waals surface area contributed by atoms with Crippen LogP contribution in [0.15, 0.2) is 24.3 Å². The Bertz CT molecular complexity index is 506. The van der Waals surface area contributed by atoms with E-state index in [-0.39, 0.29) is 24.1 Å². The monoisotopic (exact) mass is 262 g/mol. The maximum absolute atomic E-state index is 11.7. The highest BCUT2D eigenvalue weighted by Gasteiger charge is 2.23.